The average molecular weight is 170 g/mol. The summed E-state index contributed by atoms with van der Waals surface area (Å²) in [6, 6.07) is 0. The maximum atomic E-state index is 9.91. The summed E-state index contributed by atoms with van der Waals surface area (Å²) in [5.41, 5.74) is 1.10. The number of rotatable bonds is 1. The van der Waals surface area contributed by atoms with Gasteiger partial charge in [-0.3, -0.25) is 0 Å². The maximum Gasteiger partial charge on any atom is 0.185 e. The SMILES string of the molecule is CC(C)=CC1(O)CC(C)CCO1. The molecule has 1 fully saturated rings. The van der Waals surface area contributed by atoms with E-state index in [1.807, 2.05) is 19.9 Å². The van der Waals surface area contributed by atoms with Gasteiger partial charge in [0, 0.05) is 6.42 Å². The van der Waals surface area contributed by atoms with Crippen LogP contribution in [-0.4, -0.2) is 17.5 Å². The smallest absolute Gasteiger partial charge is 0.185 e. The van der Waals surface area contributed by atoms with Crippen molar-refractivity contribution in [3.63, 3.8) is 0 Å². The molecule has 0 amide bonds. The van der Waals surface area contributed by atoms with E-state index in [1.165, 1.54) is 0 Å². The molecule has 0 aromatic heterocycles. The summed E-state index contributed by atoms with van der Waals surface area (Å²) in [7, 11) is 0. The first-order valence-electron chi connectivity index (χ1n) is 4.54. The number of ether oxygens (including phenoxy) is 1. The van der Waals surface area contributed by atoms with Gasteiger partial charge in [0.05, 0.1) is 6.61 Å². The molecule has 0 saturated carbocycles. The lowest BCUT2D eigenvalue weighted by molar-refractivity contribution is -0.200. The van der Waals surface area contributed by atoms with Gasteiger partial charge < -0.3 is 9.84 Å². The third kappa shape index (κ3) is 2.61. The van der Waals surface area contributed by atoms with Crippen LogP contribution in [0.25, 0.3) is 0 Å². The third-order valence-corrected chi connectivity index (χ3v) is 2.12. The van der Waals surface area contributed by atoms with Crippen LogP contribution in [0.15, 0.2) is 11.6 Å². The molecule has 1 saturated heterocycles. The maximum absolute atomic E-state index is 9.91. The molecule has 0 spiro atoms. The van der Waals surface area contributed by atoms with Crippen molar-refractivity contribution in [3.05, 3.63) is 11.6 Å². The molecule has 1 rings (SSSR count). The number of aliphatic hydroxyl groups is 1. The van der Waals surface area contributed by atoms with Crippen molar-refractivity contribution in [2.75, 3.05) is 6.61 Å². The highest BCUT2D eigenvalue weighted by Crippen LogP contribution is 2.28. The van der Waals surface area contributed by atoms with E-state index in [1.54, 1.807) is 0 Å². The molecule has 12 heavy (non-hydrogen) atoms. The minimum atomic E-state index is -0.990. The number of hydrogen-bond donors (Lipinski definition) is 1. The lowest BCUT2D eigenvalue weighted by Crippen LogP contribution is -2.37. The van der Waals surface area contributed by atoms with E-state index in [0.29, 0.717) is 12.5 Å². The van der Waals surface area contributed by atoms with Gasteiger partial charge >= 0.3 is 0 Å². The fourth-order valence-corrected chi connectivity index (χ4v) is 1.65. The van der Waals surface area contributed by atoms with Gasteiger partial charge in [-0.1, -0.05) is 12.5 Å². The lowest BCUT2D eigenvalue weighted by atomic mass is 9.94. The summed E-state index contributed by atoms with van der Waals surface area (Å²) in [6.45, 7) is 6.76. The largest absolute Gasteiger partial charge is 0.362 e. The van der Waals surface area contributed by atoms with Crippen LogP contribution in [0.3, 0.4) is 0 Å². The van der Waals surface area contributed by atoms with Crippen molar-refractivity contribution in [3.8, 4) is 0 Å². The normalized spacial score (nSPS) is 36.2. The second-order valence-corrected chi connectivity index (χ2v) is 4.01. The van der Waals surface area contributed by atoms with Gasteiger partial charge in [0.15, 0.2) is 5.79 Å². The van der Waals surface area contributed by atoms with Crippen LogP contribution in [0.1, 0.15) is 33.6 Å². The van der Waals surface area contributed by atoms with Crippen LogP contribution in [0.5, 0.6) is 0 Å². The van der Waals surface area contributed by atoms with Crippen LogP contribution >= 0.6 is 0 Å². The Kier molecular flexibility index (Phi) is 2.91. The monoisotopic (exact) mass is 170 g/mol. The lowest BCUT2D eigenvalue weighted by Gasteiger charge is -2.33. The van der Waals surface area contributed by atoms with Crippen LogP contribution in [0, 0.1) is 5.92 Å². The predicted octanol–water partition coefficient (Wildman–Crippen LogP) is 2.09. The minimum absolute atomic E-state index is 0.555. The summed E-state index contributed by atoms with van der Waals surface area (Å²) in [5.74, 6) is -0.435. The van der Waals surface area contributed by atoms with E-state index < -0.39 is 5.79 Å². The second-order valence-electron chi connectivity index (χ2n) is 4.01. The van der Waals surface area contributed by atoms with E-state index in [0.717, 1.165) is 18.4 Å². The Balaban J connectivity index is 2.63. The summed E-state index contributed by atoms with van der Waals surface area (Å²) < 4.78 is 5.33. The molecule has 0 radical (unpaired) electrons. The molecule has 2 nitrogen and oxygen atoms in total. The number of hydrogen-bond acceptors (Lipinski definition) is 2. The Hall–Kier alpha value is -0.340. The summed E-state index contributed by atoms with van der Waals surface area (Å²) in [5, 5.41) is 9.91. The molecule has 70 valence electrons. The molecule has 2 unspecified atom stereocenters. The van der Waals surface area contributed by atoms with Gasteiger partial charge in [-0.15, -0.1) is 0 Å². The third-order valence-electron chi connectivity index (χ3n) is 2.12. The van der Waals surface area contributed by atoms with E-state index in [9.17, 15) is 5.11 Å². The van der Waals surface area contributed by atoms with Crippen molar-refractivity contribution in [1.82, 2.24) is 0 Å². The second kappa shape index (κ2) is 3.58. The van der Waals surface area contributed by atoms with Gasteiger partial charge in [-0.25, -0.2) is 0 Å². The van der Waals surface area contributed by atoms with E-state index in [-0.39, 0.29) is 0 Å². The summed E-state index contributed by atoms with van der Waals surface area (Å²) in [4.78, 5) is 0. The summed E-state index contributed by atoms with van der Waals surface area (Å²) in [6.07, 6.45) is 3.58. The standard InChI is InChI=1S/C10H18O2/c1-8(2)6-10(11)7-9(3)4-5-12-10/h6,9,11H,4-5,7H2,1-3H3. The minimum Gasteiger partial charge on any atom is -0.362 e. The zero-order valence-corrected chi connectivity index (χ0v) is 8.13. The first-order valence-corrected chi connectivity index (χ1v) is 4.54. The van der Waals surface area contributed by atoms with Gasteiger partial charge in [-0.2, -0.15) is 0 Å². The Morgan fingerprint density at radius 1 is 1.58 bits per heavy atom. The molecule has 2 atom stereocenters. The Morgan fingerprint density at radius 2 is 2.25 bits per heavy atom. The highest BCUT2D eigenvalue weighted by Gasteiger charge is 2.31. The predicted molar refractivity (Wildman–Crippen MR) is 48.7 cm³/mol. The molecule has 1 aliphatic rings. The van der Waals surface area contributed by atoms with E-state index >= 15 is 0 Å². The molecule has 0 aromatic carbocycles. The fourth-order valence-electron chi connectivity index (χ4n) is 1.65. The van der Waals surface area contributed by atoms with Crippen molar-refractivity contribution in [1.29, 1.82) is 0 Å². The molecule has 1 heterocycles. The van der Waals surface area contributed by atoms with Gasteiger partial charge in [0.1, 0.15) is 0 Å². The van der Waals surface area contributed by atoms with E-state index in [2.05, 4.69) is 6.92 Å². The van der Waals surface area contributed by atoms with Crippen molar-refractivity contribution in [2.45, 2.75) is 39.4 Å². The molecule has 0 aliphatic carbocycles. The van der Waals surface area contributed by atoms with Crippen LogP contribution in [0.2, 0.25) is 0 Å². The Morgan fingerprint density at radius 3 is 2.75 bits per heavy atom. The molecular weight excluding hydrogens is 152 g/mol. The molecule has 0 aromatic rings. The molecule has 1 N–H and O–H groups in total. The average Bonchev–Trinajstić information content (AvgIpc) is 1.82. The van der Waals surface area contributed by atoms with Crippen molar-refractivity contribution < 1.29 is 9.84 Å². The van der Waals surface area contributed by atoms with Crippen molar-refractivity contribution >= 4 is 0 Å². The zero-order valence-electron chi connectivity index (χ0n) is 8.13. The van der Waals surface area contributed by atoms with Crippen LogP contribution in [-0.2, 0) is 4.74 Å². The molecule has 2 heteroatoms. The Bertz CT molecular complexity index is 182. The van der Waals surface area contributed by atoms with E-state index in [4.69, 9.17) is 4.74 Å². The van der Waals surface area contributed by atoms with Crippen molar-refractivity contribution in [2.24, 2.45) is 5.92 Å². The fraction of sp³-hybridized carbons (Fsp3) is 0.800. The van der Waals surface area contributed by atoms with Gasteiger partial charge in [0.2, 0.25) is 0 Å². The first kappa shape index (κ1) is 9.75. The van der Waals surface area contributed by atoms with Gasteiger partial charge in [-0.05, 0) is 32.3 Å². The summed E-state index contributed by atoms with van der Waals surface area (Å²) >= 11 is 0. The highest BCUT2D eigenvalue weighted by molar-refractivity contribution is 5.03. The van der Waals surface area contributed by atoms with Crippen LogP contribution < -0.4 is 0 Å². The van der Waals surface area contributed by atoms with Crippen LogP contribution in [0.4, 0.5) is 0 Å². The number of allylic oxidation sites excluding steroid dienone is 1. The quantitative estimate of drug-likeness (QED) is 0.610. The van der Waals surface area contributed by atoms with Gasteiger partial charge in [0.25, 0.3) is 0 Å². The highest BCUT2D eigenvalue weighted by atomic mass is 16.6. The zero-order chi connectivity index (χ0) is 9.19. The topological polar surface area (TPSA) is 29.5 Å². The molecular formula is C10H18O2. The first-order chi connectivity index (χ1) is 5.52. The molecule has 1 aliphatic heterocycles. The Labute approximate surface area is 74.2 Å². The molecule has 0 bridgehead atoms.